The zero-order chi connectivity index (χ0) is 15.8. The van der Waals surface area contributed by atoms with Gasteiger partial charge in [-0.25, -0.2) is 0 Å². The summed E-state index contributed by atoms with van der Waals surface area (Å²) >= 11 is 5.83. The van der Waals surface area contributed by atoms with Gasteiger partial charge in [0, 0.05) is 10.6 Å². The van der Waals surface area contributed by atoms with Gasteiger partial charge in [0.1, 0.15) is 0 Å². The van der Waals surface area contributed by atoms with Gasteiger partial charge in [-0.15, -0.1) is 0 Å². The molecule has 2 aromatic rings. The van der Waals surface area contributed by atoms with Gasteiger partial charge in [-0.1, -0.05) is 29.8 Å². The fraction of sp³-hybridized carbons (Fsp3) is 0.143. The first-order valence-corrected chi connectivity index (χ1v) is 6.01. The van der Waals surface area contributed by atoms with Crippen LogP contribution < -0.4 is 0 Å². The molecule has 0 nitrogen and oxygen atoms in total. The van der Waals surface area contributed by atoms with Crippen LogP contribution in [0.25, 0.3) is 11.1 Å². The maximum absolute atomic E-state index is 12.8. The molecule has 0 amide bonds. The first-order valence-electron chi connectivity index (χ1n) is 5.63. The first kappa shape index (κ1) is 15.7. The average Bonchev–Trinajstić information content (AvgIpc) is 2.36. The van der Waals surface area contributed by atoms with Gasteiger partial charge in [-0.2, -0.15) is 26.3 Å². The third-order valence-electron chi connectivity index (χ3n) is 2.77. The lowest BCUT2D eigenvalue weighted by Crippen LogP contribution is -2.11. The van der Waals surface area contributed by atoms with Gasteiger partial charge in [0.25, 0.3) is 0 Å². The topological polar surface area (TPSA) is 0 Å². The molecule has 0 heterocycles. The highest BCUT2D eigenvalue weighted by Gasteiger charge is 2.37. The van der Waals surface area contributed by atoms with Crippen LogP contribution in [-0.2, 0) is 12.4 Å². The molecule has 0 atom stereocenters. The van der Waals surface area contributed by atoms with Crippen molar-refractivity contribution in [3.63, 3.8) is 0 Å². The van der Waals surface area contributed by atoms with Gasteiger partial charge in [0.2, 0.25) is 0 Å². The van der Waals surface area contributed by atoms with E-state index in [2.05, 4.69) is 0 Å². The molecule has 0 aliphatic rings. The average molecular weight is 325 g/mol. The molecule has 0 spiro atoms. The van der Waals surface area contributed by atoms with Crippen molar-refractivity contribution >= 4 is 11.6 Å². The summed E-state index contributed by atoms with van der Waals surface area (Å²) in [5.41, 5.74) is -2.86. The van der Waals surface area contributed by atoms with E-state index in [4.69, 9.17) is 11.6 Å². The summed E-state index contributed by atoms with van der Waals surface area (Å²) in [6, 6.07) is 7.15. The Hall–Kier alpha value is -1.69. The van der Waals surface area contributed by atoms with E-state index < -0.39 is 23.5 Å². The Morgan fingerprint density at radius 3 is 1.62 bits per heavy atom. The number of benzene rings is 2. The van der Waals surface area contributed by atoms with Crippen LogP contribution in [0.1, 0.15) is 11.1 Å². The lowest BCUT2D eigenvalue weighted by Gasteiger charge is -2.14. The zero-order valence-corrected chi connectivity index (χ0v) is 10.9. The van der Waals surface area contributed by atoms with E-state index in [9.17, 15) is 26.3 Å². The monoisotopic (exact) mass is 324 g/mol. The van der Waals surface area contributed by atoms with Gasteiger partial charge < -0.3 is 0 Å². The number of hydrogen-bond acceptors (Lipinski definition) is 0. The molecule has 0 radical (unpaired) electrons. The lowest BCUT2D eigenvalue weighted by atomic mass is 9.99. The highest BCUT2D eigenvalue weighted by molar-refractivity contribution is 6.33. The summed E-state index contributed by atoms with van der Waals surface area (Å²) in [7, 11) is 0. The number of alkyl halides is 6. The molecule has 7 heteroatoms. The van der Waals surface area contributed by atoms with E-state index in [-0.39, 0.29) is 22.2 Å². The highest BCUT2D eigenvalue weighted by atomic mass is 35.5. The second-order valence-electron chi connectivity index (χ2n) is 4.27. The molecule has 112 valence electrons. The van der Waals surface area contributed by atoms with Crippen LogP contribution in [0.2, 0.25) is 5.02 Å². The maximum Gasteiger partial charge on any atom is 0.416 e. The molecular weight excluding hydrogens is 318 g/mol. The van der Waals surface area contributed by atoms with Crippen molar-refractivity contribution in [3.8, 4) is 11.1 Å². The summed E-state index contributed by atoms with van der Waals surface area (Å²) in [6.07, 6.45) is -9.76. The highest BCUT2D eigenvalue weighted by Crippen LogP contribution is 2.39. The van der Waals surface area contributed by atoms with Gasteiger partial charge >= 0.3 is 12.4 Å². The molecule has 0 saturated carbocycles. The van der Waals surface area contributed by atoms with Gasteiger partial charge in [-0.05, 0) is 29.8 Å². The summed E-state index contributed by atoms with van der Waals surface area (Å²) in [5.74, 6) is 0. The quantitative estimate of drug-likeness (QED) is 0.561. The molecule has 0 bridgehead atoms. The molecule has 2 aromatic carbocycles. The van der Waals surface area contributed by atoms with Crippen molar-refractivity contribution in [2.24, 2.45) is 0 Å². The van der Waals surface area contributed by atoms with Crippen LogP contribution in [0.3, 0.4) is 0 Å². The van der Waals surface area contributed by atoms with E-state index in [1.54, 1.807) is 0 Å². The van der Waals surface area contributed by atoms with Gasteiger partial charge in [-0.3, -0.25) is 0 Å². The Kier molecular flexibility index (Phi) is 3.93. The largest absolute Gasteiger partial charge is 0.416 e. The second-order valence-corrected chi connectivity index (χ2v) is 4.68. The second kappa shape index (κ2) is 5.26. The fourth-order valence-corrected chi connectivity index (χ4v) is 2.05. The van der Waals surface area contributed by atoms with Crippen LogP contribution in [0.5, 0.6) is 0 Å². The van der Waals surface area contributed by atoms with Crippen molar-refractivity contribution in [1.82, 2.24) is 0 Å². The standard InChI is InChI=1S/C14H7ClF6/c15-12-4-2-1-3-11(12)8-5-9(13(16,17)18)7-10(6-8)14(19,20)21/h1-7H. The predicted molar refractivity (Wildman–Crippen MR) is 66.9 cm³/mol. The summed E-state index contributed by atoms with van der Waals surface area (Å²) in [5, 5.41) is 0.0740. The number of hydrogen-bond donors (Lipinski definition) is 0. The molecule has 0 fully saturated rings. The Morgan fingerprint density at radius 1 is 0.714 bits per heavy atom. The molecule has 0 aliphatic carbocycles. The number of rotatable bonds is 1. The van der Waals surface area contributed by atoms with E-state index in [0.29, 0.717) is 12.1 Å². The first-order chi connectivity index (χ1) is 9.59. The molecule has 0 unspecified atom stereocenters. The predicted octanol–water partition coefficient (Wildman–Crippen LogP) is 6.04. The van der Waals surface area contributed by atoms with Crippen LogP contribution in [-0.4, -0.2) is 0 Å². The molecule has 0 saturated heterocycles. The molecule has 0 N–H and O–H groups in total. The van der Waals surface area contributed by atoms with E-state index >= 15 is 0 Å². The third-order valence-corrected chi connectivity index (χ3v) is 3.10. The Morgan fingerprint density at radius 2 is 1.19 bits per heavy atom. The van der Waals surface area contributed by atoms with Crippen molar-refractivity contribution in [2.45, 2.75) is 12.4 Å². The number of halogens is 7. The minimum Gasteiger partial charge on any atom is -0.166 e. The molecule has 2 rings (SSSR count). The Bertz CT molecular complexity index is 625. The minimum absolute atomic E-state index is 0.0740. The summed E-state index contributed by atoms with van der Waals surface area (Å²) in [6.45, 7) is 0. The van der Waals surface area contributed by atoms with Crippen molar-refractivity contribution in [2.75, 3.05) is 0 Å². The summed E-state index contributed by atoms with van der Waals surface area (Å²) < 4.78 is 76.5. The Balaban J connectivity index is 2.70. The normalized spacial score (nSPS) is 12.5. The Labute approximate surface area is 121 Å². The van der Waals surface area contributed by atoms with Crippen molar-refractivity contribution in [3.05, 3.63) is 58.6 Å². The van der Waals surface area contributed by atoms with Crippen molar-refractivity contribution < 1.29 is 26.3 Å². The SMILES string of the molecule is FC(F)(F)c1cc(-c2ccccc2Cl)cc(C(F)(F)F)c1. The maximum atomic E-state index is 12.8. The van der Waals surface area contributed by atoms with Crippen LogP contribution in [0.15, 0.2) is 42.5 Å². The smallest absolute Gasteiger partial charge is 0.166 e. The fourth-order valence-electron chi connectivity index (χ4n) is 1.81. The van der Waals surface area contributed by atoms with Crippen LogP contribution in [0, 0.1) is 0 Å². The molecule has 0 aromatic heterocycles. The van der Waals surface area contributed by atoms with Crippen molar-refractivity contribution in [1.29, 1.82) is 0 Å². The van der Waals surface area contributed by atoms with E-state index in [0.717, 1.165) is 0 Å². The lowest BCUT2D eigenvalue weighted by molar-refractivity contribution is -0.143. The summed E-state index contributed by atoms with van der Waals surface area (Å²) in [4.78, 5) is 0. The molecular formula is C14H7ClF6. The van der Waals surface area contributed by atoms with E-state index in [1.165, 1.54) is 24.3 Å². The van der Waals surface area contributed by atoms with Gasteiger partial charge in [0.05, 0.1) is 11.1 Å². The molecule has 0 aliphatic heterocycles. The zero-order valence-electron chi connectivity index (χ0n) is 10.2. The molecule has 21 heavy (non-hydrogen) atoms. The minimum atomic E-state index is -4.88. The van der Waals surface area contributed by atoms with Crippen LogP contribution in [0.4, 0.5) is 26.3 Å². The third kappa shape index (κ3) is 3.50. The van der Waals surface area contributed by atoms with Crippen LogP contribution >= 0.6 is 11.6 Å². The van der Waals surface area contributed by atoms with Gasteiger partial charge in [0.15, 0.2) is 0 Å². The van der Waals surface area contributed by atoms with E-state index in [1.807, 2.05) is 0 Å².